The number of hydrogen-bond acceptors (Lipinski definition) is 4. The maximum atomic E-state index is 11.2. The highest BCUT2D eigenvalue weighted by molar-refractivity contribution is 8.00. The smallest absolute Gasteiger partial charge is 0.325 e. The van der Waals surface area contributed by atoms with Crippen molar-refractivity contribution >= 4 is 17.7 Å². The van der Waals surface area contributed by atoms with Gasteiger partial charge in [-0.3, -0.25) is 4.79 Å². The lowest BCUT2D eigenvalue weighted by Gasteiger charge is -2.57. The van der Waals surface area contributed by atoms with Crippen LogP contribution in [0.15, 0.2) is 0 Å². The fourth-order valence-corrected chi connectivity index (χ4v) is 3.42. The Morgan fingerprint density at radius 2 is 2.08 bits per heavy atom. The fraction of sp³-hybridized carbons (Fsp3) is 0.875. The van der Waals surface area contributed by atoms with Crippen LogP contribution in [0, 0.1) is 5.41 Å². The van der Waals surface area contributed by atoms with E-state index < -0.39 is 5.54 Å². The summed E-state index contributed by atoms with van der Waals surface area (Å²) in [6, 6.07) is 0. The molecule has 0 bridgehead atoms. The van der Waals surface area contributed by atoms with Crippen molar-refractivity contribution in [3.63, 3.8) is 0 Å². The van der Waals surface area contributed by atoms with Crippen LogP contribution in [0.4, 0.5) is 0 Å². The van der Waals surface area contributed by atoms with Gasteiger partial charge in [0.05, 0.1) is 7.11 Å². The SMILES string of the molecule is COC(=O)C1(N)CC2(CSC2)C1. The maximum Gasteiger partial charge on any atom is 0.325 e. The molecule has 12 heavy (non-hydrogen) atoms. The maximum absolute atomic E-state index is 11.2. The second-order valence-electron chi connectivity index (χ2n) is 3.99. The monoisotopic (exact) mass is 187 g/mol. The lowest BCUT2D eigenvalue weighted by Crippen LogP contribution is -2.67. The topological polar surface area (TPSA) is 52.3 Å². The van der Waals surface area contributed by atoms with E-state index >= 15 is 0 Å². The first-order valence-electron chi connectivity index (χ1n) is 4.05. The quantitative estimate of drug-likeness (QED) is 0.603. The Morgan fingerprint density at radius 3 is 2.42 bits per heavy atom. The van der Waals surface area contributed by atoms with E-state index in [9.17, 15) is 4.79 Å². The second-order valence-corrected chi connectivity index (χ2v) is 4.98. The second kappa shape index (κ2) is 2.39. The summed E-state index contributed by atoms with van der Waals surface area (Å²) in [7, 11) is 1.40. The summed E-state index contributed by atoms with van der Waals surface area (Å²) in [4.78, 5) is 11.2. The Balaban J connectivity index is 1.96. The number of rotatable bonds is 1. The van der Waals surface area contributed by atoms with Gasteiger partial charge in [0.25, 0.3) is 0 Å². The fourth-order valence-electron chi connectivity index (χ4n) is 2.23. The van der Waals surface area contributed by atoms with Gasteiger partial charge < -0.3 is 10.5 Å². The molecule has 1 saturated carbocycles. The van der Waals surface area contributed by atoms with Crippen LogP contribution >= 0.6 is 11.8 Å². The molecule has 0 radical (unpaired) electrons. The minimum Gasteiger partial charge on any atom is -0.468 e. The lowest BCUT2D eigenvalue weighted by atomic mass is 9.59. The highest BCUT2D eigenvalue weighted by atomic mass is 32.2. The molecule has 0 aromatic rings. The largest absolute Gasteiger partial charge is 0.468 e. The molecule has 0 aromatic carbocycles. The Kier molecular flexibility index (Phi) is 1.67. The Bertz CT molecular complexity index is 217. The van der Waals surface area contributed by atoms with Crippen LogP contribution in [-0.4, -0.2) is 30.1 Å². The standard InChI is InChI=1S/C8H13NO2S/c1-11-6(10)8(9)2-7(3-8)4-12-5-7/h2-5,9H2,1H3. The van der Waals surface area contributed by atoms with Gasteiger partial charge in [0, 0.05) is 0 Å². The molecule has 2 fully saturated rings. The number of methoxy groups -OCH3 is 1. The first kappa shape index (κ1) is 8.38. The lowest BCUT2D eigenvalue weighted by molar-refractivity contribution is -0.155. The van der Waals surface area contributed by atoms with Crippen molar-refractivity contribution in [1.29, 1.82) is 0 Å². The molecule has 1 spiro atoms. The molecule has 2 aliphatic rings. The van der Waals surface area contributed by atoms with E-state index in [2.05, 4.69) is 4.74 Å². The number of esters is 1. The van der Waals surface area contributed by atoms with Crippen LogP contribution in [0.25, 0.3) is 0 Å². The summed E-state index contributed by atoms with van der Waals surface area (Å²) in [5, 5.41) is 0. The number of carbonyl (C=O) groups is 1. The molecule has 1 aliphatic carbocycles. The van der Waals surface area contributed by atoms with Crippen molar-refractivity contribution in [3.8, 4) is 0 Å². The van der Waals surface area contributed by atoms with Gasteiger partial charge in [0.1, 0.15) is 5.54 Å². The number of nitrogens with two attached hydrogens (primary N) is 1. The van der Waals surface area contributed by atoms with Crippen molar-refractivity contribution in [2.24, 2.45) is 11.1 Å². The van der Waals surface area contributed by atoms with E-state index in [1.807, 2.05) is 11.8 Å². The van der Waals surface area contributed by atoms with E-state index in [1.54, 1.807) is 0 Å². The van der Waals surface area contributed by atoms with E-state index in [1.165, 1.54) is 18.6 Å². The number of hydrogen-bond donors (Lipinski definition) is 1. The van der Waals surface area contributed by atoms with Crippen LogP contribution in [0.5, 0.6) is 0 Å². The van der Waals surface area contributed by atoms with Gasteiger partial charge in [-0.1, -0.05) is 0 Å². The third-order valence-corrected chi connectivity index (χ3v) is 4.42. The van der Waals surface area contributed by atoms with E-state index in [-0.39, 0.29) is 5.97 Å². The third kappa shape index (κ3) is 0.977. The first-order chi connectivity index (χ1) is 5.60. The summed E-state index contributed by atoms with van der Waals surface area (Å²) in [6.07, 6.45) is 1.64. The first-order valence-corrected chi connectivity index (χ1v) is 5.21. The van der Waals surface area contributed by atoms with Crippen LogP contribution < -0.4 is 5.73 Å². The molecular weight excluding hydrogens is 174 g/mol. The van der Waals surface area contributed by atoms with Crippen molar-refractivity contribution in [2.45, 2.75) is 18.4 Å². The zero-order valence-corrected chi connectivity index (χ0v) is 7.95. The summed E-state index contributed by atoms with van der Waals surface area (Å²) in [5.74, 6) is 2.09. The molecule has 0 atom stereocenters. The average molecular weight is 187 g/mol. The Hall–Kier alpha value is -0.220. The Morgan fingerprint density at radius 1 is 1.50 bits per heavy atom. The summed E-state index contributed by atoms with van der Waals surface area (Å²) in [6.45, 7) is 0. The van der Waals surface area contributed by atoms with Crippen molar-refractivity contribution in [2.75, 3.05) is 18.6 Å². The highest BCUT2D eigenvalue weighted by Crippen LogP contribution is 2.57. The van der Waals surface area contributed by atoms with Gasteiger partial charge >= 0.3 is 5.97 Å². The molecule has 3 nitrogen and oxygen atoms in total. The predicted molar refractivity (Wildman–Crippen MR) is 47.9 cm³/mol. The minimum absolute atomic E-state index is 0.245. The van der Waals surface area contributed by atoms with Crippen molar-refractivity contribution < 1.29 is 9.53 Å². The number of carbonyl (C=O) groups excluding carboxylic acids is 1. The molecular formula is C8H13NO2S. The van der Waals surface area contributed by atoms with E-state index in [0.717, 1.165) is 12.8 Å². The van der Waals surface area contributed by atoms with Gasteiger partial charge in [0.2, 0.25) is 0 Å². The van der Waals surface area contributed by atoms with Crippen LogP contribution in [0.3, 0.4) is 0 Å². The van der Waals surface area contributed by atoms with Crippen LogP contribution in [0.1, 0.15) is 12.8 Å². The molecule has 0 amide bonds. The highest BCUT2D eigenvalue weighted by Gasteiger charge is 2.60. The summed E-state index contributed by atoms with van der Waals surface area (Å²) >= 11 is 1.93. The van der Waals surface area contributed by atoms with Crippen molar-refractivity contribution in [1.82, 2.24) is 0 Å². The van der Waals surface area contributed by atoms with Gasteiger partial charge in [-0.25, -0.2) is 0 Å². The molecule has 1 aliphatic heterocycles. The number of ether oxygens (including phenoxy) is 1. The normalized spacial score (nSPS) is 28.8. The summed E-state index contributed by atoms with van der Waals surface area (Å²) in [5.41, 5.74) is 5.60. The minimum atomic E-state index is -0.657. The molecule has 4 heteroatoms. The third-order valence-electron chi connectivity index (χ3n) is 2.79. The zero-order valence-electron chi connectivity index (χ0n) is 7.13. The van der Waals surface area contributed by atoms with Gasteiger partial charge in [-0.05, 0) is 29.8 Å². The van der Waals surface area contributed by atoms with Crippen molar-refractivity contribution in [3.05, 3.63) is 0 Å². The molecule has 68 valence electrons. The van der Waals surface area contributed by atoms with Gasteiger partial charge in [0.15, 0.2) is 0 Å². The molecule has 1 heterocycles. The van der Waals surface area contributed by atoms with Crippen LogP contribution in [-0.2, 0) is 9.53 Å². The molecule has 0 aromatic heterocycles. The molecule has 2 N–H and O–H groups in total. The summed E-state index contributed by atoms with van der Waals surface area (Å²) < 4.78 is 4.65. The van der Waals surface area contributed by atoms with Gasteiger partial charge in [-0.15, -0.1) is 0 Å². The van der Waals surface area contributed by atoms with E-state index in [4.69, 9.17) is 5.73 Å². The van der Waals surface area contributed by atoms with Crippen LogP contribution in [0.2, 0.25) is 0 Å². The number of thioether (sulfide) groups is 1. The zero-order chi connectivity index (χ0) is 8.82. The van der Waals surface area contributed by atoms with E-state index in [0.29, 0.717) is 5.41 Å². The predicted octanol–water partition coefficient (Wildman–Crippen LogP) is 0.384. The Labute approximate surface area is 76.0 Å². The van der Waals surface area contributed by atoms with Gasteiger partial charge in [-0.2, -0.15) is 11.8 Å². The molecule has 2 rings (SSSR count). The molecule has 1 saturated heterocycles. The average Bonchev–Trinajstić information content (AvgIpc) is 1.93. The molecule has 0 unspecified atom stereocenters.